The predicted molar refractivity (Wildman–Crippen MR) is 67.5 cm³/mol. The maximum Gasteiger partial charge on any atom is 0.355 e. The molecule has 0 fully saturated rings. The lowest BCUT2D eigenvalue weighted by molar-refractivity contribution is -0.127. The average molecular weight is 267 g/mol. The van der Waals surface area contributed by atoms with Crippen LogP contribution in [0.25, 0.3) is 0 Å². The van der Waals surface area contributed by atoms with Crippen molar-refractivity contribution in [1.82, 2.24) is 15.6 Å². The van der Waals surface area contributed by atoms with Crippen LogP contribution in [-0.2, 0) is 9.53 Å². The molecule has 1 aromatic heterocycles. The number of rotatable bonds is 4. The Bertz CT molecular complexity index is 454. The molecule has 1 rings (SSSR count). The number of aromatic nitrogens is 1. The number of hydrogen-bond acceptors (Lipinski definition) is 4. The minimum absolute atomic E-state index is 0.0930. The van der Waals surface area contributed by atoms with Gasteiger partial charge in [0.05, 0.1) is 0 Å². The Morgan fingerprint density at radius 2 is 1.95 bits per heavy atom. The molecule has 0 saturated heterocycles. The summed E-state index contributed by atoms with van der Waals surface area (Å²) in [5, 5.41) is 4.58. The van der Waals surface area contributed by atoms with Crippen molar-refractivity contribution in [2.75, 3.05) is 0 Å². The van der Waals surface area contributed by atoms with E-state index >= 15 is 0 Å². The summed E-state index contributed by atoms with van der Waals surface area (Å²) in [7, 11) is 0. The van der Waals surface area contributed by atoms with Gasteiger partial charge in [0.1, 0.15) is 5.69 Å². The third kappa shape index (κ3) is 4.82. The molecule has 0 bridgehead atoms. The summed E-state index contributed by atoms with van der Waals surface area (Å²) < 4.78 is 4.90. The molecule has 0 saturated carbocycles. The van der Waals surface area contributed by atoms with Crippen molar-refractivity contribution in [3.63, 3.8) is 0 Å². The van der Waals surface area contributed by atoms with Crippen molar-refractivity contribution in [1.29, 1.82) is 0 Å². The highest BCUT2D eigenvalue weighted by molar-refractivity contribution is 5.98. The summed E-state index contributed by atoms with van der Waals surface area (Å²) in [4.78, 5) is 37.1. The zero-order valence-corrected chi connectivity index (χ0v) is 11.0. The highest BCUT2D eigenvalue weighted by atomic mass is 16.5. The van der Waals surface area contributed by atoms with Crippen LogP contribution in [0.1, 0.15) is 31.3 Å². The predicted octanol–water partition coefficient (Wildman–Crippen LogP) is 0.794. The number of amides is 3. The van der Waals surface area contributed by atoms with E-state index in [9.17, 15) is 14.4 Å². The minimum Gasteiger partial charge on any atom is -0.448 e. The number of nitrogens with one attached hydrogen (secondary N) is 3. The van der Waals surface area contributed by atoms with Crippen molar-refractivity contribution in [3.8, 4) is 0 Å². The normalized spacial score (nSPS) is 11.8. The number of H-pyrrole nitrogens is 1. The van der Waals surface area contributed by atoms with E-state index in [2.05, 4.69) is 15.6 Å². The van der Waals surface area contributed by atoms with E-state index in [0.717, 1.165) is 0 Å². The first kappa shape index (κ1) is 14.7. The Labute approximate surface area is 110 Å². The molecule has 0 aromatic carbocycles. The molecule has 0 aliphatic rings. The number of aromatic amines is 1. The Morgan fingerprint density at radius 1 is 1.26 bits per heavy atom. The van der Waals surface area contributed by atoms with Gasteiger partial charge < -0.3 is 15.0 Å². The van der Waals surface area contributed by atoms with E-state index in [1.807, 2.05) is 0 Å². The molecule has 0 aliphatic carbocycles. The van der Waals surface area contributed by atoms with E-state index in [-0.39, 0.29) is 11.7 Å². The summed E-state index contributed by atoms with van der Waals surface area (Å²) in [6.45, 7) is 4.91. The number of carbonyl (C=O) groups is 3. The summed E-state index contributed by atoms with van der Waals surface area (Å²) in [6.07, 6.45) is 0.506. The summed E-state index contributed by atoms with van der Waals surface area (Å²) in [6, 6.07) is 2.45. The Balaban J connectivity index is 2.45. The number of esters is 1. The molecule has 7 nitrogen and oxygen atoms in total. The standard InChI is InChI=1S/C12H17N3O4/c1-7(2)14-12(18)15-10(16)8(3)19-11(17)9-5-4-6-13-9/h4-8,13H,1-3H3,(H2,14,15,16,18)/t8-/m0/s1. The molecule has 1 heterocycles. The van der Waals surface area contributed by atoms with Crippen LogP contribution in [0.4, 0.5) is 4.79 Å². The van der Waals surface area contributed by atoms with E-state index in [1.54, 1.807) is 26.1 Å². The molecular weight excluding hydrogens is 250 g/mol. The second-order valence-electron chi connectivity index (χ2n) is 4.25. The fraction of sp³-hybridized carbons (Fsp3) is 0.417. The van der Waals surface area contributed by atoms with Crippen LogP contribution in [0, 0.1) is 0 Å². The largest absolute Gasteiger partial charge is 0.448 e. The lowest BCUT2D eigenvalue weighted by Gasteiger charge is -2.13. The smallest absolute Gasteiger partial charge is 0.355 e. The third-order valence-electron chi connectivity index (χ3n) is 2.13. The van der Waals surface area contributed by atoms with Gasteiger partial charge in [-0.3, -0.25) is 10.1 Å². The van der Waals surface area contributed by atoms with Gasteiger partial charge in [0.15, 0.2) is 6.10 Å². The maximum atomic E-state index is 11.6. The SMILES string of the molecule is CC(C)NC(=O)NC(=O)[C@H](C)OC(=O)c1ccc[nH]1. The number of ether oxygens (including phenoxy) is 1. The van der Waals surface area contributed by atoms with Gasteiger partial charge in [0.2, 0.25) is 0 Å². The van der Waals surface area contributed by atoms with Gasteiger partial charge in [-0.05, 0) is 32.9 Å². The zero-order chi connectivity index (χ0) is 14.4. The molecule has 104 valence electrons. The molecule has 0 aliphatic heterocycles. The minimum atomic E-state index is -1.06. The second-order valence-corrected chi connectivity index (χ2v) is 4.25. The number of hydrogen-bond donors (Lipinski definition) is 3. The lowest BCUT2D eigenvalue weighted by Crippen LogP contribution is -2.46. The van der Waals surface area contributed by atoms with Crippen LogP contribution in [0.3, 0.4) is 0 Å². The molecule has 0 unspecified atom stereocenters. The topological polar surface area (TPSA) is 100 Å². The van der Waals surface area contributed by atoms with Crippen LogP contribution in [-0.4, -0.2) is 35.0 Å². The van der Waals surface area contributed by atoms with Gasteiger partial charge in [-0.1, -0.05) is 0 Å². The van der Waals surface area contributed by atoms with Crippen LogP contribution in [0.15, 0.2) is 18.3 Å². The molecule has 7 heteroatoms. The van der Waals surface area contributed by atoms with Gasteiger partial charge in [0, 0.05) is 12.2 Å². The van der Waals surface area contributed by atoms with E-state index < -0.39 is 24.0 Å². The van der Waals surface area contributed by atoms with Crippen molar-refractivity contribution in [3.05, 3.63) is 24.0 Å². The monoisotopic (exact) mass is 267 g/mol. The first-order valence-corrected chi connectivity index (χ1v) is 5.86. The fourth-order valence-corrected chi connectivity index (χ4v) is 1.25. The molecule has 19 heavy (non-hydrogen) atoms. The van der Waals surface area contributed by atoms with Crippen LogP contribution >= 0.6 is 0 Å². The number of imide groups is 1. The molecule has 3 amide bonds. The summed E-state index contributed by atoms with van der Waals surface area (Å²) >= 11 is 0. The fourth-order valence-electron chi connectivity index (χ4n) is 1.25. The van der Waals surface area contributed by atoms with E-state index in [1.165, 1.54) is 13.0 Å². The van der Waals surface area contributed by atoms with Gasteiger partial charge in [-0.15, -0.1) is 0 Å². The molecule has 0 spiro atoms. The van der Waals surface area contributed by atoms with Crippen molar-refractivity contribution < 1.29 is 19.1 Å². The van der Waals surface area contributed by atoms with Crippen LogP contribution in [0.5, 0.6) is 0 Å². The zero-order valence-electron chi connectivity index (χ0n) is 11.0. The Morgan fingerprint density at radius 3 is 2.47 bits per heavy atom. The Kier molecular flexibility index (Phi) is 5.11. The van der Waals surface area contributed by atoms with E-state index in [0.29, 0.717) is 0 Å². The highest BCUT2D eigenvalue weighted by Gasteiger charge is 2.21. The van der Waals surface area contributed by atoms with Gasteiger partial charge in [0.25, 0.3) is 5.91 Å². The van der Waals surface area contributed by atoms with Gasteiger partial charge in [-0.2, -0.15) is 0 Å². The number of carbonyl (C=O) groups excluding carboxylic acids is 3. The lowest BCUT2D eigenvalue weighted by atomic mass is 10.3. The first-order valence-electron chi connectivity index (χ1n) is 5.86. The summed E-state index contributed by atoms with van der Waals surface area (Å²) in [5.41, 5.74) is 0.242. The third-order valence-corrected chi connectivity index (χ3v) is 2.13. The molecule has 3 N–H and O–H groups in total. The molecular formula is C12H17N3O4. The van der Waals surface area contributed by atoms with Crippen LogP contribution < -0.4 is 10.6 Å². The van der Waals surface area contributed by atoms with E-state index in [4.69, 9.17) is 4.74 Å². The number of urea groups is 1. The van der Waals surface area contributed by atoms with Crippen LogP contribution in [0.2, 0.25) is 0 Å². The highest BCUT2D eigenvalue weighted by Crippen LogP contribution is 2.01. The first-order chi connectivity index (χ1) is 8.90. The summed E-state index contributed by atoms with van der Waals surface area (Å²) in [5.74, 6) is -1.34. The van der Waals surface area contributed by atoms with Gasteiger partial charge >= 0.3 is 12.0 Å². The molecule has 1 aromatic rings. The maximum absolute atomic E-state index is 11.6. The molecule has 0 radical (unpaired) electrons. The van der Waals surface area contributed by atoms with Crippen molar-refractivity contribution in [2.45, 2.75) is 32.9 Å². The van der Waals surface area contributed by atoms with Crippen molar-refractivity contribution in [2.24, 2.45) is 0 Å². The average Bonchev–Trinajstić information content (AvgIpc) is 2.80. The quantitative estimate of drug-likeness (QED) is 0.702. The van der Waals surface area contributed by atoms with Gasteiger partial charge in [-0.25, -0.2) is 9.59 Å². The molecule has 1 atom stereocenters. The Hall–Kier alpha value is -2.31. The second kappa shape index (κ2) is 6.58. The van der Waals surface area contributed by atoms with Crippen molar-refractivity contribution >= 4 is 17.9 Å².